The number of hydrogen-bond acceptors (Lipinski definition) is 2. The van der Waals surface area contributed by atoms with Gasteiger partial charge in [-0.3, -0.25) is 0 Å². The van der Waals surface area contributed by atoms with E-state index < -0.39 is 11.7 Å². The molecule has 7 heteroatoms. The van der Waals surface area contributed by atoms with Crippen LogP contribution in [0.4, 0.5) is 24.7 Å². The predicted octanol–water partition coefficient (Wildman–Crippen LogP) is 5.80. The topological polar surface area (TPSA) is 24.9 Å². The third kappa shape index (κ3) is 3.80. The zero-order valence-corrected chi connectivity index (χ0v) is 12.4. The molecule has 0 amide bonds. The molecule has 1 aromatic carbocycles. The van der Waals surface area contributed by atoms with Crippen molar-refractivity contribution < 1.29 is 13.2 Å². The summed E-state index contributed by atoms with van der Waals surface area (Å²) >= 11 is 11.9. The molecule has 0 aliphatic carbocycles. The number of nitrogens with zero attached hydrogens (tertiary/aromatic N) is 1. The van der Waals surface area contributed by atoms with E-state index in [0.29, 0.717) is 5.69 Å². The number of rotatable bonds is 3. The van der Waals surface area contributed by atoms with Crippen molar-refractivity contribution in [3.8, 4) is 0 Å². The quantitative estimate of drug-likeness (QED) is 0.717. The van der Waals surface area contributed by atoms with Crippen molar-refractivity contribution in [1.82, 2.24) is 4.98 Å². The van der Waals surface area contributed by atoms with E-state index in [2.05, 4.69) is 10.3 Å². The van der Waals surface area contributed by atoms with Gasteiger partial charge in [0.2, 0.25) is 0 Å². The monoisotopic (exact) mass is 334 g/mol. The predicted molar refractivity (Wildman–Crippen MR) is 78.2 cm³/mol. The van der Waals surface area contributed by atoms with E-state index >= 15 is 0 Å². The standard InChI is InChI=1S/C14H11Cl2F3N2/c1-8(15)10-4-2-3-5-12(10)21-13-11(16)6-9(7-20-13)14(17,18)19/h2-8H,1H3,(H,20,21). The molecular weight excluding hydrogens is 324 g/mol. The summed E-state index contributed by atoms with van der Waals surface area (Å²) in [6.07, 6.45) is -3.74. The fourth-order valence-electron chi connectivity index (χ4n) is 1.77. The third-order valence-electron chi connectivity index (χ3n) is 2.81. The molecule has 1 heterocycles. The lowest BCUT2D eigenvalue weighted by atomic mass is 10.1. The van der Waals surface area contributed by atoms with Gasteiger partial charge in [0.15, 0.2) is 0 Å². The van der Waals surface area contributed by atoms with E-state index in [1.54, 1.807) is 19.1 Å². The maximum Gasteiger partial charge on any atom is 0.417 e. The molecule has 0 aliphatic heterocycles. The average molecular weight is 335 g/mol. The molecule has 1 unspecified atom stereocenters. The van der Waals surface area contributed by atoms with Crippen LogP contribution in [0.3, 0.4) is 0 Å². The number of nitrogens with one attached hydrogen (secondary N) is 1. The second-order valence-corrected chi connectivity index (χ2v) is 5.44. The summed E-state index contributed by atoms with van der Waals surface area (Å²) < 4.78 is 37.7. The summed E-state index contributed by atoms with van der Waals surface area (Å²) in [5.41, 5.74) is 0.558. The largest absolute Gasteiger partial charge is 0.417 e. The van der Waals surface area contributed by atoms with Crippen molar-refractivity contribution in [2.24, 2.45) is 0 Å². The number of halogens is 5. The molecule has 2 rings (SSSR count). The Balaban J connectivity index is 2.33. The van der Waals surface area contributed by atoms with E-state index in [1.807, 2.05) is 12.1 Å². The summed E-state index contributed by atoms with van der Waals surface area (Å²) in [5, 5.41) is 2.53. The maximum absolute atomic E-state index is 12.6. The van der Waals surface area contributed by atoms with Crippen LogP contribution in [-0.2, 0) is 6.18 Å². The Morgan fingerprint density at radius 3 is 2.48 bits per heavy atom. The molecule has 0 saturated heterocycles. The Labute approximate surface area is 129 Å². The van der Waals surface area contributed by atoms with Gasteiger partial charge in [0.05, 0.1) is 16.0 Å². The molecule has 2 aromatic rings. The second kappa shape index (κ2) is 6.12. The highest BCUT2D eigenvalue weighted by Crippen LogP contribution is 2.34. The highest BCUT2D eigenvalue weighted by molar-refractivity contribution is 6.33. The van der Waals surface area contributed by atoms with Gasteiger partial charge in [-0.05, 0) is 24.6 Å². The number of aromatic nitrogens is 1. The van der Waals surface area contributed by atoms with Crippen LogP contribution in [0.15, 0.2) is 36.5 Å². The average Bonchev–Trinajstić information content (AvgIpc) is 2.40. The summed E-state index contributed by atoms with van der Waals surface area (Å²) in [5.74, 6) is 0.148. The van der Waals surface area contributed by atoms with Gasteiger partial charge in [-0.1, -0.05) is 29.8 Å². The van der Waals surface area contributed by atoms with Crippen molar-refractivity contribution in [2.75, 3.05) is 5.32 Å². The number of anilines is 2. The fourth-order valence-corrected chi connectivity index (χ4v) is 2.17. The van der Waals surface area contributed by atoms with Crippen LogP contribution in [0.5, 0.6) is 0 Å². The second-order valence-electron chi connectivity index (χ2n) is 4.38. The zero-order chi connectivity index (χ0) is 15.6. The molecule has 1 atom stereocenters. The fraction of sp³-hybridized carbons (Fsp3) is 0.214. The van der Waals surface area contributed by atoms with Gasteiger partial charge in [-0.25, -0.2) is 4.98 Å². The lowest BCUT2D eigenvalue weighted by Gasteiger charge is -2.14. The van der Waals surface area contributed by atoms with Crippen LogP contribution < -0.4 is 5.32 Å². The lowest BCUT2D eigenvalue weighted by Crippen LogP contribution is -2.07. The first kappa shape index (κ1) is 15.9. The van der Waals surface area contributed by atoms with Crippen LogP contribution >= 0.6 is 23.2 Å². The first-order valence-electron chi connectivity index (χ1n) is 6.02. The van der Waals surface area contributed by atoms with Gasteiger partial charge >= 0.3 is 6.18 Å². The first-order chi connectivity index (χ1) is 9.79. The van der Waals surface area contributed by atoms with E-state index in [-0.39, 0.29) is 16.2 Å². The highest BCUT2D eigenvalue weighted by Gasteiger charge is 2.31. The maximum atomic E-state index is 12.6. The molecule has 0 aliphatic rings. The number of alkyl halides is 4. The smallest absolute Gasteiger partial charge is 0.339 e. The minimum Gasteiger partial charge on any atom is -0.339 e. The number of hydrogen-bond donors (Lipinski definition) is 1. The molecule has 0 radical (unpaired) electrons. The Bertz CT molecular complexity index is 642. The normalized spacial score (nSPS) is 13.0. The van der Waals surface area contributed by atoms with Crippen molar-refractivity contribution in [1.29, 1.82) is 0 Å². The SMILES string of the molecule is CC(Cl)c1ccccc1Nc1ncc(C(F)(F)F)cc1Cl. The number of benzene rings is 1. The molecule has 0 saturated carbocycles. The van der Waals surface area contributed by atoms with E-state index in [4.69, 9.17) is 23.2 Å². The first-order valence-corrected chi connectivity index (χ1v) is 6.83. The van der Waals surface area contributed by atoms with Crippen LogP contribution in [0.25, 0.3) is 0 Å². The lowest BCUT2D eigenvalue weighted by molar-refractivity contribution is -0.137. The molecule has 112 valence electrons. The minimum absolute atomic E-state index is 0.109. The Morgan fingerprint density at radius 1 is 1.24 bits per heavy atom. The number of pyridine rings is 1. The van der Waals surface area contributed by atoms with Gasteiger partial charge < -0.3 is 5.32 Å². The van der Waals surface area contributed by atoms with Crippen molar-refractivity contribution in [2.45, 2.75) is 18.5 Å². The van der Waals surface area contributed by atoms with Crippen molar-refractivity contribution >= 4 is 34.7 Å². The highest BCUT2D eigenvalue weighted by atomic mass is 35.5. The minimum atomic E-state index is -4.47. The van der Waals surface area contributed by atoms with Gasteiger partial charge in [0.25, 0.3) is 0 Å². The number of para-hydroxylation sites is 1. The van der Waals surface area contributed by atoms with E-state index in [1.165, 1.54) is 0 Å². The van der Waals surface area contributed by atoms with Gasteiger partial charge in [0.1, 0.15) is 5.82 Å². The molecule has 2 nitrogen and oxygen atoms in total. The molecule has 1 aromatic heterocycles. The molecular formula is C14H11Cl2F3N2. The summed E-state index contributed by atoms with van der Waals surface area (Å²) in [7, 11) is 0. The Morgan fingerprint density at radius 2 is 1.90 bits per heavy atom. The molecule has 0 fully saturated rings. The van der Waals surface area contributed by atoms with Gasteiger partial charge in [-0.2, -0.15) is 13.2 Å². The van der Waals surface area contributed by atoms with Crippen molar-refractivity contribution in [3.63, 3.8) is 0 Å². The Kier molecular flexibility index (Phi) is 4.64. The van der Waals surface area contributed by atoms with Gasteiger partial charge in [0, 0.05) is 11.9 Å². The zero-order valence-electron chi connectivity index (χ0n) is 10.9. The Hall–Kier alpha value is -1.46. The van der Waals surface area contributed by atoms with Crippen LogP contribution in [0.1, 0.15) is 23.4 Å². The molecule has 1 N–H and O–H groups in total. The van der Waals surface area contributed by atoms with Crippen LogP contribution in [-0.4, -0.2) is 4.98 Å². The third-order valence-corrected chi connectivity index (χ3v) is 3.33. The molecule has 0 spiro atoms. The van der Waals surface area contributed by atoms with Crippen LogP contribution in [0.2, 0.25) is 5.02 Å². The van der Waals surface area contributed by atoms with Crippen LogP contribution in [0, 0.1) is 0 Å². The summed E-state index contributed by atoms with van der Waals surface area (Å²) in [4.78, 5) is 3.73. The van der Waals surface area contributed by atoms with E-state index in [9.17, 15) is 13.2 Å². The molecule has 21 heavy (non-hydrogen) atoms. The van der Waals surface area contributed by atoms with Crippen molar-refractivity contribution in [3.05, 3.63) is 52.7 Å². The van der Waals surface area contributed by atoms with Gasteiger partial charge in [-0.15, -0.1) is 11.6 Å². The molecule has 0 bridgehead atoms. The summed E-state index contributed by atoms with van der Waals surface area (Å²) in [6, 6.07) is 8.01. The van der Waals surface area contributed by atoms with E-state index in [0.717, 1.165) is 17.8 Å². The summed E-state index contributed by atoms with van der Waals surface area (Å²) in [6.45, 7) is 1.80.